The average molecular weight is 367 g/mol. The molecule has 0 aromatic heterocycles. The van der Waals surface area contributed by atoms with E-state index in [0.717, 1.165) is 56.3 Å². The van der Waals surface area contributed by atoms with E-state index in [4.69, 9.17) is 0 Å². The topological polar surface area (TPSA) is 44.4 Å². The summed E-state index contributed by atoms with van der Waals surface area (Å²) in [6.07, 6.45) is 0.673. The highest BCUT2D eigenvalue weighted by atomic mass is 19.4. The number of carbonyl (C=O) groups excluding carboxylic acids is 1. The lowest BCUT2D eigenvalue weighted by molar-refractivity contribution is -0.140. The van der Waals surface area contributed by atoms with Gasteiger partial charge in [0.15, 0.2) is 0 Å². The van der Waals surface area contributed by atoms with E-state index in [1.165, 1.54) is 12.1 Å². The Kier molecular flexibility index (Phi) is 4.69. The van der Waals surface area contributed by atoms with E-state index in [2.05, 4.69) is 10.9 Å². The summed E-state index contributed by atoms with van der Waals surface area (Å²) in [7, 11) is 0. The van der Waals surface area contributed by atoms with Crippen molar-refractivity contribution in [3.05, 3.63) is 35.4 Å². The molecule has 3 unspecified atom stereocenters. The molecule has 2 saturated carbocycles. The van der Waals surface area contributed by atoms with Crippen LogP contribution >= 0.6 is 0 Å². The van der Waals surface area contributed by atoms with Crippen LogP contribution in [-0.4, -0.2) is 29.4 Å². The smallest absolute Gasteiger partial charge is 0.335 e. The first-order valence-corrected chi connectivity index (χ1v) is 9.38. The van der Waals surface area contributed by atoms with E-state index < -0.39 is 11.7 Å². The Morgan fingerprint density at radius 2 is 1.85 bits per heavy atom. The lowest BCUT2D eigenvalue weighted by Crippen LogP contribution is -2.45. The Labute approximate surface area is 151 Å². The third-order valence-electron chi connectivity index (χ3n) is 5.91. The largest absolute Gasteiger partial charge is 0.416 e. The van der Waals surface area contributed by atoms with Crippen molar-refractivity contribution in [3.8, 4) is 0 Å². The molecule has 1 aromatic rings. The van der Waals surface area contributed by atoms with E-state index in [1.54, 1.807) is 0 Å². The second-order valence-electron chi connectivity index (χ2n) is 7.72. The van der Waals surface area contributed by atoms with Gasteiger partial charge in [0, 0.05) is 37.0 Å². The molecule has 3 fully saturated rings. The van der Waals surface area contributed by atoms with Crippen LogP contribution < -0.4 is 10.9 Å². The van der Waals surface area contributed by atoms with Crippen molar-refractivity contribution in [1.82, 2.24) is 15.8 Å². The quantitative estimate of drug-likeness (QED) is 0.860. The number of hydrazine groups is 1. The maximum atomic E-state index is 13.2. The van der Waals surface area contributed by atoms with Crippen molar-refractivity contribution in [3.63, 3.8) is 0 Å². The summed E-state index contributed by atoms with van der Waals surface area (Å²) in [4.78, 5) is 15.2. The minimum absolute atomic E-state index is 0.00583. The molecule has 142 valence electrons. The second-order valence-corrected chi connectivity index (χ2v) is 7.72. The number of halogens is 3. The summed E-state index contributed by atoms with van der Waals surface area (Å²) < 4.78 is 38.2. The fourth-order valence-corrected chi connectivity index (χ4v) is 4.33. The minimum Gasteiger partial charge on any atom is -0.335 e. The normalized spacial score (nSPS) is 28.7. The van der Waals surface area contributed by atoms with Crippen molar-refractivity contribution >= 4 is 5.91 Å². The lowest BCUT2D eigenvalue weighted by Gasteiger charge is -2.35. The predicted molar refractivity (Wildman–Crippen MR) is 90.8 cm³/mol. The molecule has 2 N–H and O–H groups in total. The average Bonchev–Trinajstić information content (AvgIpc) is 3.34. The Hall–Kier alpha value is -1.60. The number of hydrogen-bond acceptors (Lipinski definition) is 3. The highest BCUT2D eigenvalue weighted by molar-refractivity contribution is 5.80. The molecule has 1 heterocycles. The van der Waals surface area contributed by atoms with Gasteiger partial charge in [-0.15, -0.1) is 0 Å². The van der Waals surface area contributed by atoms with Gasteiger partial charge in [-0.3, -0.25) is 15.6 Å². The number of fused-ring (bicyclic) bond motifs is 1. The van der Waals surface area contributed by atoms with E-state index in [-0.39, 0.29) is 17.9 Å². The van der Waals surface area contributed by atoms with Crippen LogP contribution in [-0.2, 0) is 17.5 Å². The highest BCUT2D eigenvalue weighted by Gasteiger charge is 2.44. The molecule has 26 heavy (non-hydrogen) atoms. The van der Waals surface area contributed by atoms with Crippen molar-refractivity contribution in [2.24, 2.45) is 11.8 Å². The molecule has 0 spiro atoms. The van der Waals surface area contributed by atoms with E-state index in [1.807, 2.05) is 4.90 Å². The van der Waals surface area contributed by atoms with Gasteiger partial charge in [0.25, 0.3) is 0 Å². The summed E-state index contributed by atoms with van der Waals surface area (Å²) in [5.41, 5.74) is 6.55. The molecule has 0 bridgehead atoms. The maximum absolute atomic E-state index is 13.2. The predicted octanol–water partition coefficient (Wildman–Crippen LogP) is 3.09. The molecule has 4 rings (SSSR count). The zero-order valence-electron chi connectivity index (χ0n) is 14.6. The van der Waals surface area contributed by atoms with Crippen LogP contribution in [0.3, 0.4) is 0 Å². The van der Waals surface area contributed by atoms with Gasteiger partial charge in [-0.2, -0.15) is 13.2 Å². The van der Waals surface area contributed by atoms with Crippen LogP contribution in [0.15, 0.2) is 24.3 Å². The fraction of sp³-hybridized carbons (Fsp3) is 0.632. The number of amides is 1. The summed E-state index contributed by atoms with van der Waals surface area (Å²) in [5, 5.41) is 0. The number of nitrogens with zero attached hydrogens (tertiary/aromatic N) is 1. The first kappa shape index (κ1) is 17.8. The third kappa shape index (κ3) is 3.60. The number of benzene rings is 1. The molecule has 4 nitrogen and oxygen atoms in total. The van der Waals surface area contributed by atoms with Gasteiger partial charge in [0.2, 0.25) is 5.91 Å². The van der Waals surface area contributed by atoms with Crippen LogP contribution in [0.2, 0.25) is 0 Å². The van der Waals surface area contributed by atoms with Gasteiger partial charge in [0.1, 0.15) is 0 Å². The number of hydrogen-bond donors (Lipinski definition) is 2. The zero-order chi connectivity index (χ0) is 18.3. The van der Waals surface area contributed by atoms with Crippen LogP contribution in [0.1, 0.15) is 43.2 Å². The van der Waals surface area contributed by atoms with Crippen LogP contribution in [0, 0.1) is 11.8 Å². The molecule has 1 amide bonds. The van der Waals surface area contributed by atoms with Crippen molar-refractivity contribution < 1.29 is 18.0 Å². The van der Waals surface area contributed by atoms with Gasteiger partial charge in [0.05, 0.1) is 5.56 Å². The summed E-state index contributed by atoms with van der Waals surface area (Å²) >= 11 is 0. The zero-order valence-corrected chi connectivity index (χ0v) is 14.6. The third-order valence-corrected chi connectivity index (χ3v) is 5.91. The minimum atomic E-state index is -4.33. The molecule has 1 saturated heterocycles. The summed E-state index contributed by atoms with van der Waals surface area (Å²) in [6, 6.07) is 5.79. The Morgan fingerprint density at radius 3 is 2.50 bits per heavy atom. The van der Waals surface area contributed by atoms with E-state index >= 15 is 0 Å². The van der Waals surface area contributed by atoms with Crippen LogP contribution in [0.4, 0.5) is 13.2 Å². The molecule has 3 aliphatic rings. The molecule has 1 aliphatic heterocycles. The van der Waals surface area contributed by atoms with E-state index in [0.29, 0.717) is 18.5 Å². The summed E-state index contributed by atoms with van der Waals surface area (Å²) in [5.74, 6) is 0.490. The fourth-order valence-electron chi connectivity index (χ4n) is 4.33. The first-order valence-electron chi connectivity index (χ1n) is 9.38. The number of alkyl halides is 3. The van der Waals surface area contributed by atoms with Crippen LogP contribution in [0.25, 0.3) is 0 Å². The monoisotopic (exact) mass is 367 g/mol. The van der Waals surface area contributed by atoms with Gasteiger partial charge in [-0.25, -0.2) is 0 Å². The molecule has 2 aliphatic carbocycles. The van der Waals surface area contributed by atoms with Gasteiger partial charge < -0.3 is 4.90 Å². The molecule has 0 radical (unpaired) electrons. The van der Waals surface area contributed by atoms with E-state index in [9.17, 15) is 18.0 Å². The molecule has 7 heteroatoms. The van der Waals surface area contributed by atoms with Crippen molar-refractivity contribution in [2.75, 3.05) is 6.54 Å². The second kappa shape index (κ2) is 6.85. The molecular formula is C19H24F3N3O. The number of carbonyl (C=O) groups is 1. The first-order chi connectivity index (χ1) is 12.4. The summed E-state index contributed by atoms with van der Waals surface area (Å²) in [6.45, 7) is 1.20. The Balaban J connectivity index is 1.48. The van der Waals surface area contributed by atoms with Crippen molar-refractivity contribution in [1.29, 1.82) is 0 Å². The van der Waals surface area contributed by atoms with Crippen LogP contribution in [0.5, 0.6) is 0 Å². The Morgan fingerprint density at radius 1 is 1.12 bits per heavy atom. The molecule has 1 aromatic carbocycles. The van der Waals surface area contributed by atoms with Gasteiger partial charge in [-0.1, -0.05) is 18.6 Å². The highest BCUT2D eigenvalue weighted by Crippen LogP contribution is 2.37. The number of rotatable bonds is 4. The SMILES string of the molecule is O=C(C1CCCC2NNCC21)N(Cc1ccc(C(F)(F)F)cc1)C1CC1. The molecular weight excluding hydrogens is 343 g/mol. The van der Waals surface area contributed by atoms with Gasteiger partial charge >= 0.3 is 6.18 Å². The standard InChI is InChI=1S/C19H24F3N3O/c20-19(21,22)13-6-4-12(5-7-13)11-25(14-8-9-14)18(26)15-2-1-3-17-16(15)10-23-24-17/h4-7,14-17,23-24H,1-3,8-11H2. The van der Waals surface area contributed by atoms with Gasteiger partial charge in [-0.05, 0) is 43.4 Å². The number of nitrogens with one attached hydrogen (secondary N) is 2. The lowest BCUT2D eigenvalue weighted by atomic mass is 9.76. The Bertz CT molecular complexity index is 657. The molecule has 3 atom stereocenters. The van der Waals surface area contributed by atoms with Crippen molar-refractivity contribution in [2.45, 2.75) is 56.9 Å². The maximum Gasteiger partial charge on any atom is 0.416 e.